The zero-order chi connectivity index (χ0) is 17.4. The molecule has 3 aromatic rings. The molecule has 0 radical (unpaired) electrons. The van der Waals surface area contributed by atoms with Gasteiger partial charge in [-0.1, -0.05) is 25.6 Å². The maximum absolute atomic E-state index is 12.8. The van der Waals surface area contributed by atoms with E-state index in [1.54, 1.807) is 39.0 Å². The van der Waals surface area contributed by atoms with E-state index >= 15 is 0 Å². The van der Waals surface area contributed by atoms with E-state index in [-0.39, 0.29) is 5.56 Å². The summed E-state index contributed by atoms with van der Waals surface area (Å²) in [5.74, 6) is 1.19. The van der Waals surface area contributed by atoms with Gasteiger partial charge in [-0.25, -0.2) is 9.97 Å². The van der Waals surface area contributed by atoms with Crippen LogP contribution in [0.15, 0.2) is 15.3 Å². The van der Waals surface area contributed by atoms with E-state index in [0.717, 1.165) is 37.4 Å². The topological polar surface area (TPSA) is 47.8 Å². The molecule has 3 rings (SSSR count). The fourth-order valence-corrected chi connectivity index (χ4v) is 5.46. The van der Waals surface area contributed by atoms with E-state index in [1.165, 1.54) is 4.88 Å². The molecule has 0 unspecified atom stereocenters. The molecule has 0 aromatic carbocycles. The third kappa shape index (κ3) is 3.17. The Hall–Kier alpha value is -1.18. The SMILES string of the molecule is CCn1c(SCc2csc(C(C)C)n2)nc2sc(C)c(C)c2c1=O. The number of aryl methyl sites for hydroxylation is 2. The van der Waals surface area contributed by atoms with Crippen LogP contribution in [0.1, 0.15) is 47.8 Å². The number of fused-ring (bicyclic) bond motifs is 1. The average Bonchev–Trinajstić information content (AvgIpc) is 3.11. The molecule has 3 aromatic heterocycles. The Morgan fingerprint density at radius 2 is 2.04 bits per heavy atom. The van der Waals surface area contributed by atoms with Crippen LogP contribution in [0.5, 0.6) is 0 Å². The molecule has 0 atom stereocenters. The molecule has 128 valence electrons. The van der Waals surface area contributed by atoms with Gasteiger partial charge in [0.05, 0.1) is 16.1 Å². The zero-order valence-electron chi connectivity index (χ0n) is 14.5. The lowest BCUT2D eigenvalue weighted by Gasteiger charge is -2.09. The number of thioether (sulfide) groups is 1. The highest BCUT2D eigenvalue weighted by Gasteiger charge is 2.16. The normalized spacial score (nSPS) is 11.8. The predicted molar refractivity (Wildman–Crippen MR) is 105 cm³/mol. The van der Waals surface area contributed by atoms with Crippen molar-refractivity contribution in [2.75, 3.05) is 0 Å². The number of aromatic nitrogens is 3. The quantitative estimate of drug-likeness (QED) is 0.464. The first kappa shape index (κ1) is 17.6. The minimum absolute atomic E-state index is 0.0768. The van der Waals surface area contributed by atoms with Crippen molar-refractivity contribution >= 4 is 44.7 Å². The van der Waals surface area contributed by atoms with E-state index in [1.807, 2.05) is 20.8 Å². The summed E-state index contributed by atoms with van der Waals surface area (Å²) in [5, 5.41) is 4.83. The van der Waals surface area contributed by atoms with Gasteiger partial charge in [0.2, 0.25) is 0 Å². The molecule has 0 N–H and O–H groups in total. The van der Waals surface area contributed by atoms with Crippen LogP contribution in [-0.4, -0.2) is 14.5 Å². The Kier molecular flexibility index (Phi) is 5.13. The molecule has 0 saturated heterocycles. The van der Waals surface area contributed by atoms with Gasteiger partial charge in [-0.05, 0) is 26.3 Å². The average molecular weight is 380 g/mol. The molecule has 24 heavy (non-hydrogen) atoms. The standard InChI is InChI=1S/C17H21N3OS3/c1-6-20-16(21)13-10(4)11(5)24-15(13)19-17(20)23-8-12-7-22-14(18-12)9(2)3/h7,9H,6,8H2,1-5H3. The maximum atomic E-state index is 12.8. The van der Waals surface area contributed by atoms with Crippen LogP contribution in [0.4, 0.5) is 0 Å². The third-order valence-electron chi connectivity index (χ3n) is 3.98. The number of hydrogen-bond donors (Lipinski definition) is 0. The van der Waals surface area contributed by atoms with Gasteiger partial charge in [-0.15, -0.1) is 22.7 Å². The molecule has 0 amide bonds. The molecule has 4 nitrogen and oxygen atoms in total. The highest BCUT2D eigenvalue weighted by Crippen LogP contribution is 2.30. The van der Waals surface area contributed by atoms with Crippen LogP contribution in [0, 0.1) is 13.8 Å². The first-order valence-corrected chi connectivity index (χ1v) is 10.7. The van der Waals surface area contributed by atoms with Crippen molar-refractivity contribution in [2.45, 2.75) is 58.0 Å². The number of rotatable bonds is 5. The highest BCUT2D eigenvalue weighted by atomic mass is 32.2. The lowest BCUT2D eigenvalue weighted by Crippen LogP contribution is -2.22. The van der Waals surface area contributed by atoms with E-state index in [9.17, 15) is 4.79 Å². The van der Waals surface area contributed by atoms with Crippen molar-refractivity contribution in [3.05, 3.63) is 36.9 Å². The molecule has 7 heteroatoms. The molecule has 0 aliphatic heterocycles. The van der Waals surface area contributed by atoms with Gasteiger partial charge < -0.3 is 0 Å². The highest BCUT2D eigenvalue weighted by molar-refractivity contribution is 7.98. The summed E-state index contributed by atoms with van der Waals surface area (Å²) in [5.41, 5.74) is 2.20. The second-order valence-electron chi connectivity index (χ2n) is 6.03. The van der Waals surface area contributed by atoms with Crippen molar-refractivity contribution in [1.82, 2.24) is 14.5 Å². The molecule has 0 spiro atoms. The second-order valence-corrected chi connectivity index (χ2v) is 9.06. The van der Waals surface area contributed by atoms with Crippen LogP contribution >= 0.6 is 34.4 Å². The van der Waals surface area contributed by atoms with Gasteiger partial charge in [0, 0.05) is 28.5 Å². The lowest BCUT2D eigenvalue weighted by molar-refractivity contribution is 0.635. The zero-order valence-corrected chi connectivity index (χ0v) is 17.0. The molecule has 0 aliphatic rings. The first-order valence-electron chi connectivity index (χ1n) is 8.00. The van der Waals surface area contributed by atoms with Crippen LogP contribution in [-0.2, 0) is 12.3 Å². The summed E-state index contributed by atoms with van der Waals surface area (Å²) >= 11 is 4.90. The van der Waals surface area contributed by atoms with E-state index in [4.69, 9.17) is 4.98 Å². The Morgan fingerprint density at radius 3 is 2.67 bits per heavy atom. The Bertz CT molecular complexity index is 937. The van der Waals surface area contributed by atoms with Gasteiger partial charge in [0.25, 0.3) is 5.56 Å². The predicted octanol–water partition coefficient (Wildman–Crippen LogP) is 4.97. The lowest BCUT2D eigenvalue weighted by atomic mass is 10.2. The molecule has 0 fully saturated rings. The Balaban J connectivity index is 1.95. The van der Waals surface area contributed by atoms with Gasteiger partial charge in [0.1, 0.15) is 4.83 Å². The summed E-state index contributed by atoms with van der Waals surface area (Å²) < 4.78 is 1.78. The fraction of sp³-hybridized carbons (Fsp3) is 0.471. The smallest absolute Gasteiger partial charge is 0.263 e. The van der Waals surface area contributed by atoms with E-state index < -0.39 is 0 Å². The first-order chi connectivity index (χ1) is 11.4. The van der Waals surface area contributed by atoms with Gasteiger partial charge >= 0.3 is 0 Å². The summed E-state index contributed by atoms with van der Waals surface area (Å²) in [6.07, 6.45) is 0. The second kappa shape index (κ2) is 6.98. The molecule has 3 heterocycles. The van der Waals surface area contributed by atoms with Crippen LogP contribution in [0.2, 0.25) is 0 Å². The van der Waals surface area contributed by atoms with Gasteiger partial charge in [-0.2, -0.15) is 0 Å². The summed E-state index contributed by atoms with van der Waals surface area (Å²) in [4.78, 5) is 24.3. The van der Waals surface area contributed by atoms with E-state index in [2.05, 4.69) is 24.2 Å². The third-order valence-corrected chi connectivity index (χ3v) is 7.29. The monoisotopic (exact) mass is 379 g/mol. The number of nitrogens with zero attached hydrogens (tertiary/aromatic N) is 3. The number of hydrogen-bond acceptors (Lipinski definition) is 6. The van der Waals surface area contributed by atoms with Gasteiger partial charge in [-0.3, -0.25) is 9.36 Å². The Morgan fingerprint density at radius 1 is 1.29 bits per heavy atom. The van der Waals surface area contributed by atoms with E-state index in [0.29, 0.717) is 12.5 Å². The molecule has 0 aliphatic carbocycles. The van der Waals surface area contributed by atoms with Crippen molar-refractivity contribution in [1.29, 1.82) is 0 Å². The summed E-state index contributed by atoms with van der Waals surface area (Å²) in [6.45, 7) is 11.0. The molecular weight excluding hydrogens is 358 g/mol. The fourth-order valence-electron chi connectivity index (χ4n) is 2.49. The minimum atomic E-state index is 0.0768. The van der Waals surface area contributed by atoms with Crippen molar-refractivity contribution in [3.63, 3.8) is 0 Å². The molecule has 0 saturated carbocycles. The largest absolute Gasteiger partial charge is 0.287 e. The van der Waals surface area contributed by atoms with Crippen LogP contribution in [0.3, 0.4) is 0 Å². The molecule has 0 bridgehead atoms. The van der Waals surface area contributed by atoms with Crippen LogP contribution < -0.4 is 5.56 Å². The number of thiophene rings is 1. The van der Waals surface area contributed by atoms with Crippen molar-refractivity contribution in [3.8, 4) is 0 Å². The van der Waals surface area contributed by atoms with Crippen molar-refractivity contribution < 1.29 is 0 Å². The Labute approximate surface area is 154 Å². The van der Waals surface area contributed by atoms with Crippen LogP contribution in [0.25, 0.3) is 10.2 Å². The molecular formula is C17H21N3OS3. The van der Waals surface area contributed by atoms with Crippen molar-refractivity contribution in [2.24, 2.45) is 0 Å². The minimum Gasteiger partial charge on any atom is -0.287 e. The maximum Gasteiger partial charge on any atom is 0.263 e. The number of thiazole rings is 1. The summed E-state index contributed by atoms with van der Waals surface area (Å²) in [6, 6.07) is 0. The van der Waals surface area contributed by atoms with Gasteiger partial charge in [0.15, 0.2) is 5.16 Å². The summed E-state index contributed by atoms with van der Waals surface area (Å²) in [7, 11) is 0.